The Morgan fingerprint density at radius 2 is 1.52 bits per heavy atom. The number of allylic oxidation sites excluding steroid dienone is 4. The Morgan fingerprint density at radius 1 is 0.862 bits per heavy atom. The summed E-state index contributed by atoms with van der Waals surface area (Å²) in [6, 6.07) is 17.5. The van der Waals surface area contributed by atoms with Crippen molar-refractivity contribution in [3.05, 3.63) is 83.6 Å². The van der Waals surface area contributed by atoms with E-state index in [-0.39, 0.29) is 10.8 Å². The van der Waals surface area contributed by atoms with E-state index in [1.54, 1.807) is 0 Å². The van der Waals surface area contributed by atoms with Gasteiger partial charge in [0.25, 0.3) is 0 Å². The second kappa shape index (κ2) is 7.02. The monoisotopic (exact) mass is 385 g/mol. The van der Waals surface area contributed by atoms with Crippen molar-refractivity contribution in [2.45, 2.75) is 51.4 Å². The van der Waals surface area contributed by atoms with Gasteiger partial charge in [0.05, 0.1) is 5.41 Å². The number of rotatable bonds is 4. The molecule has 2 aromatic carbocycles. The van der Waals surface area contributed by atoms with Crippen molar-refractivity contribution in [1.82, 2.24) is 0 Å². The summed E-state index contributed by atoms with van der Waals surface area (Å²) in [6.07, 6.45) is 8.99. The Bertz CT molecular complexity index is 1030. The van der Waals surface area contributed by atoms with Gasteiger partial charge in [0.1, 0.15) is 7.05 Å². The molecule has 2 aliphatic heterocycles. The lowest BCUT2D eigenvalue weighted by Gasteiger charge is -2.24. The molecule has 0 saturated heterocycles. The summed E-state index contributed by atoms with van der Waals surface area (Å²) in [4.78, 5) is 2.35. The van der Waals surface area contributed by atoms with Crippen LogP contribution in [-0.2, 0) is 10.8 Å². The SMILES string of the molecule is CN1/C(=C\C/C=C/CC2=[N+](C)c3ccccc3C2(C)C)C(C)(C)c2ccccc21. The van der Waals surface area contributed by atoms with E-state index in [9.17, 15) is 0 Å². The van der Waals surface area contributed by atoms with Crippen LogP contribution in [-0.4, -0.2) is 24.4 Å². The van der Waals surface area contributed by atoms with Crippen molar-refractivity contribution in [1.29, 1.82) is 0 Å². The van der Waals surface area contributed by atoms with Crippen molar-refractivity contribution in [2.75, 3.05) is 19.0 Å². The quantitative estimate of drug-likeness (QED) is 0.439. The summed E-state index contributed by atoms with van der Waals surface area (Å²) in [5.74, 6) is 0. The first-order valence-electron chi connectivity index (χ1n) is 10.6. The molecule has 2 aromatic rings. The molecule has 0 fully saturated rings. The van der Waals surface area contributed by atoms with Gasteiger partial charge in [-0.1, -0.05) is 68.5 Å². The fourth-order valence-electron chi connectivity index (χ4n) is 5.25. The second-order valence-corrected chi connectivity index (χ2v) is 9.35. The molecule has 2 heteroatoms. The third-order valence-electron chi connectivity index (χ3n) is 6.93. The number of hydrogen-bond donors (Lipinski definition) is 0. The van der Waals surface area contributed by atoms with Gasteiger partial charge in [0, 0.05) is 41.9 Å². The number of para-hydroxylation sites is 2. The van der Waals surface area contributed by atoms with Gasteiger partial charge in [-0.05, 0) is 31.9 Å². The summed E-state index contributed by atoms with van der Waals surface area (Å²) in [7, 11) is 4.39. The summed E-state index contributed by atoms with van der Waals surface area (Å²) in [5, 5.41) is 0. The zero-order valence-electron chi connectivity index (χ0n) is 18.7. The number of hydrogen-bond acceptors (Lipinski definition) is 1. The molecule has 0 atom stereocenters. The predicted molar refractivity (Wildman–Crippen MR) is 125 cm³/mol. The van der Waals surface area contributed by atoms with Crippen LogP contribution in [0, 0.1) is 0 Å². The van der Waals surface area contributed by atoms with Gasteiger partial charge in [-0.15, -0.1) is 0 Å². The third kappa shape index (κ3) is 3.06. The predicted octanol–water partition coefficient (Wildman–Crippen LogP) is 6.34. The second-order valence-electron chi connectivity index (χ2n) is 9.35. The number of nitrogens with zero attached hydrogens (tertiary/aromatic N) is 2. The highest BCUT2D eigenvalue weighted by atomic mass is 15.2. The van der Waals surface area contributed by atoms with E-state index in [1.807, 2.05) is 0 Å². The van der Waals surface area contributed by atoms with E-state index in [0.717, 1.165) is 12.8 Å². The number of benzene rings is 2. The number of anilines is 1. The molecule has 0 N–H and O–H groups in total. The molecule has 0 unspecified atom stereocenters. The molecular formula is C27H33N2+. The van der Waals surface area contributed by atoms with Gasteiger partial charge in [-0.2, -0.15) is 0 Å². The Labute approximate surface area is 175 Å². The van der Waals surface area contributed by atoms with Crippen LogP contribution in [0.3, 0.4) is 0 Å². The summed E-state index contributed by atoms with van der Waals surface area (Å²) in [5.41, 5.74) is 8.52. The van der Waals surface area contributed by atoms with Crippen molar-refractivity contribution in [3.8, 4) is 0 Å². The van der Waals surface area contributed by atoms with E-state index in [1.165, 1.54) is 33.9 Å². The van der Waals surface area contributed by atoms with Crippen molar-refractivity contribution >= 4 is 17.1 Å². The lowest BCUT2D eigenvalue weighted by Crippen LogP contribution is -2.27. The first kappa shape index (κ1) is 19.7. The minimum absolute atomic E-state index is 0.0588. The minimum atomic E-state index is 0.0588. The van der Waals surface area contributed by atoms with Crippen molar-refractivity contribution in [2.24, 2.45) is 0 Å². The average molecular weight is 386 g/mol. The van der Waals surface area contributed by atoms with Crippen LogP contribution in [0.25, 0.3) is 0 Å². The van der Waals surface area contributed by atoms with E-state index in [2.05, 4.69) is 118 Å². The van der Waals surface area contributed by atoms with Crippen LogP contribution in [0.15, 0.2) is 72.5 Å². The maximum absolute atomic E-state index is 2.39. The molecule has 0 aromatic heterocycles. The molecular weight excluding hydrogens is 352 g/mol. The third-order valence-corrected chi connectivity index (χ3v) is 6.93. The van der Waals surface area contributed by atoms with Crippen molar-refractivity contribution in [3.63, 3.8) is 0 Å². The lowest BCUT2D eigenvalue weighted by atomic mass is 9.80. The van der Waals surface area contributed by atoms with Crippen LogP contribution in [0.4, 0.5) is 11.4 Å². The van der Waals surface area contributed by atoms with E-state index in [0.29, 0.717) is 0 Å². The maximum Gasteiger partial charge on any atom is 0.209 e. The summed E-state index contributed by atoms with van der Waals surface area (Å²) < 4.78 is 2.38. The van der Waals surface area contributed by atoms with Crippen LogP contribution < -0.4 is 4.90 Å². The highest BCUT2D eigenvalue weighted by Crippen LogP contribution is 2.46. The van der Waals surface area contributed by atoms with Gasteiger partial charge >= 0.3 is 0 Å². The van der Waals surface area contributed by atoms with Gasteiger partial charge in [-0.3, -0.25) is 0 Å². The molecule has 150 valence electrons. The molecule has 0 amide bonds. The fourth-order valence-corrected chi connectivity index (χ4v) is 5.25. The first-order chi connectivity index (χ1) is 13.8. The molecule has 2 heterocycles. The Morgan fingerprint density at radius 3 is 2.21 bits per heavy atom. The van der Waals surface area contributed by atoms with Gasteiger partial charge in [-0.25, -0.2) is 4.58 Å². The van der Waals surface area contributed by atoms with E-state index in [4.69, 9.17) is 0 Å². The molecule has 2 nitrogen and oxygen atoms in total. The lowest BCUT2D eigenvalue weighted by molar-refractivity contribution is -0.403. The van der Waals surface area contributed by atoms with Gasteiger partial charge < -0.3 is 4.90 Å². The number of likely N-dealkylation sites (N-methyl/N-ethyl adjacent to an activating group) is 1. The van der Waals surface area contributed by atoms with Crippen molar-refractivity contribution < 1.29 is 4.58 Å². The topological polar surface area (TPSA) is 6.25 Å². The van der Waals surface area contributed by atoms with Gasteiger partial charge in [0.15, 0.2) is 5.71 Å². The fraction of sp³-hybridized carbons (Fsp3) is 0.370. The first-order valence-corrected chi connectivity index (χ1v) is 10.6. The molecule has 4 rings (SSSR count). The Hall–Kier alpha value is -2.61. The van der Waals surface area contributed by atoms with E-state index >= 15 is 0 Å². The van der Waals surface area contributed by atoms with Crippen LogP contribution in [0.1, 0.15) is 51.7 Å². The molecule has 0 spiro atoms. The Balaban J connectivity index is 1.48. The zero-order chi connectivity index (χ0) is 20.8. The molecule has 0 radical (unpaired) electrons. The molecule has 0 bridgehead atoms. The molecule has 2 aliphatic rings. The van der Waals surface area contributed by atoms with Gasteiger partial charge in [0.2, 0.25) is 5.69 Å². The maximum atomic E-state index is 2.39. The highest BCUT2D eigenvalue weighted by Gasteiger charge is 2.43. The van der Waals surface area contributed by atoms with E-state index < -0.39 is 0 Å². The van der Waals surface area contributed by atoms with Crippen LogP contribution >= 0.6 is 0 Å². The zero-order valence-corrected chi connectivity index (χ0v) is 18.7. The molecule has 29 heavy (non-hydrogen) atoms. The van der Waals surface area contributed by atoms with Crippen LogP contribution in [0.5, 0.6) is 0 Å². The summed E-state index contributed by atoms with van der Waals surface area (Å²) >= 11 is 0. The normalized spacial score (nSPS) is 20.6. The summed E-state index contributed by atoms with van der Waals surface area (Å²) in [6.45, 7) is 9.34. The minimum Gasteiger partial charge on any atom is -0.347 e. The molecule has 0 saturated carbocycles. The average Bonchev–Trinajstić information content (AvgIpc) is 3.02. The number of fused-ring (bicyclic) bond motifs is 2. The largest absolute Gasteiger partial charge is 0.347 e. The van der Waals surface area contributed by atoms with Crippen LogP contribution in [0.2, 0.25) is 0 Å². The highest BCUT2D eigenvalue weighted by molar-refractivity contribution is 5.95. The molecule has 0 aliphatic carbocycles. The smallest absolute Gasteiger partial charge is 0.209 e. The Kier molecular flexibility index (Phi) is 4.77. The standard InChI is InChI=1S/C27H33N2/c1-26(2)20-14-10-12-16-22(20)28(5)24(26)18-8-7-9-19-25-27(3,4)21-15-11-13-17-23(21)29(25)6/h7-8,10-17,19H,9,18H2,1-6H3/q+1/b8-7+,25-19-.